The second kappa shape index (κ2) is 27.6. The first-order chi connectivity index (χ1) is 37.5. The maximum absolute atomic E-state index is 15.0. The number of hydrogen-bond acceptors (Lipinski definition) is 14. The number of aryl methyl sites for hydroxylation is 2. The number of unbranched alkanes of at least 4 members (excludes halogenated alkanes) is 3. The van der Waals surface area contributed by atoms with Crippen molar-refractivity contribution in [1.29, 1.82) is 5.26 Å². The first-order valence-electron chi connectivity index (χ1n) is 27.5. The first kappa shape index (κ1) is 58.7. The lowest BCUT2D eigenvalue weighted by atomic mass is 10.1. The largest absolute Gasteiger partial charge is 0.521 e. The fraction of sp³-hybridized carbons (Fsp3) is 0.458. The summed E-state index contributed by atoms with van der Waals surface area (Å²) >= 11 is 6.86. The molecule has 2 aromatic carbocycles. The van der Waals surface area contributed by atoms with Gasteiger partial charge in [0.1, 0.15) is 24.9 Å². The summed E-state index contributed by atoms with van der Waals surface area (Å²) in [5.41, 5.74) is 4.75. The van der Waals surface area contributed by atoms with E-state index in [2.05, 4.69) is 104 Å². The summed E-state index contributed by atoms with van der Waals surface area (Å²) in [6, 6.07) is 29.0. The molecular formula is C59H75N3O9S4Si2. The molecule has 0 saturated heterocycles. The lowest BCUT2D eigenvalue weighted by Crippen LogP contribution is -2.62. The molecule has 12 nitrogen and oxygen atoms in total. The highest BCUT2D eigenvalue weighted by Crippen LogP contribution is 2.56. The number of para-hydroxylation sites is 1. The molecule has 1 aliphatic rings. The molecule has 7 aromatic rings. The molecular weight excluding hydrogens is 1080 g/mol. The minimum absolute atomic E-state index is 0.00969. The van der Waals surface area contributed by atoms with Crippen molar-refractivity contribution in [3.8, 4) is 57.3 Å². The maximum Gasteiger partial charge on any atom is 0.521 e. The topological polar surface area (TPSA) is 123 Å². The molecule has 18 heteroatoms. The molecule has 6 heterocycles. The Hall–Kier alpha value is -4.47. The molecule has 1 aliphatic heterocycles. The number of aromatic nitrogens is 1. The van der Waals surface area contributed by atoms with Crippen LogP contribution in [0.2, 0.25) is 0 Å². The Balaban J connectivity index is 1.11. The number of thiophene rings is 4. The quantitative estimate of drug-likeness (QED) is 0.0186. The number of amides is 1. The highest BCUT2D eigenvalue weighted by molar-refractivity contribution is 7.29. The zero-order chi connectivity index (χ0) is 54.5. The van der Waals surface area contributed by atoms with Crippen molar-refractivity contribution in [3.63, 3.8) is 0 Å². The van der Waals surface area contributed by atoms with Crippen LogP contribution < -0.4 is 9.47 Å². The molecule has 0 bridgehead atoms. The Morgan fingerprint density at radius 3 is 1.81 bits per heavy atom. The minimum Gasteiger partial charge on any atom is -0.485 e. The average molecular weight is 1150 g/mol. The molecule has 8 rings (SSSR count). The molecule has 0 atom stereocenters. The van der Waals surface area contributed by atoms with E-state index in [0.29, 0.717) is 58.8 Å². The second-order valence-corrected chi connectivity index (χ2v) is 28.5. The monoisotopic (exact) mass is 1150 g/mol. The van der Waals surface area contributed by atoms with Gasteiger partial charge in [-0.05, 0) is 132 Å². The van der Waals surface area contributed by atoms with E-state index in [1.54, 1.807) is 56.3 Å². The molecule has 0 radical (unpaired) electrons. The SMILES string of the molecule is CCCCCCc1cc(-c2ccc(-c3ccc(-c4sc(-c5ccc6c(c5)c5ccccc5n6CCC(C)C)c5c4OCCO5)s3)s2)sc1/C=C(\C#N)C(=O)N(C[Si](OCC)(OCC)OCC)C[Si](OCC)(OCC)OCC. The molecule has 0 saturated carbocycles. The lowest BCUT2D eigenvalue weighted by molar-refractivity contribution is -0.127. The predicted octanol–water partition coefficient (Wildman–Crippen LogP) is 15.6. The van der Waals surface area contributed by atoms with Gasteiger partial charge < -0.3 is 45.5 Å². The minimum atomic E-state index is -3.48. The van der Waals surface area contributed by atoms with Crippen LogP contribution in [0.3, 0.4) is 0 Å². The van der Waals surface area contributed by atoms with E-state index >= 15 is 4.79 Å². The van der Waals surface area contributed by atoms with E-state index in [4.69, 9.17) is 36.0 Å². The smallest absolute Gasteiger partial charge is 0.485 e. The van der Waals surface area contributed by atoms with Gasteiger partial charge in [-0.25, -0.2) is 0 Å². The third kappa shape index (κ3) is 13.6. The summed E-state index contributed by atoms with van der Waals surface area (Å²) in [6.45, 7) is 22.0. The number of rotatable bonds is 30. The van der Waals surface area contributed by atoms with E-state index < -0.39 is 23.5 Å². The molecule has 412 valence electrons. The highest BCUT2D eigenvalue weighted by atomic mass is 32.1. The summed E-state index contributed by atoms with van der Waals surface area (Å²) in [5, 5.41) is 13.4. The first-order valence-corrected chi connectivity index (χ1v) is 34.6. The van der Waals surface area contributed by atoms with Crippen LogP contribution in [0, 0.1) is 17.2 Å². The van der Waals surface area contributed by atoms with Crippen LogP contribution >= 0.6 is 45.3 Å². The Morgan fingerprint density at radius 1 is 0.662 bits per heavy atom. The van der Waals surface area contributed by atoms with Gasteiger partial charge in [0.05, 0.1) is 22.1 Å². The number of carbonyl (C=O) groups excluding carboxylic acids is 1. The Morgan fingerprint density at radius 2 is 1.22 bits per heavy atom. The normalized spacial score (nSPS) is 13.1. The average Bonchev–Trinajstić information content (AvgIpc) is 4.32. The molecule has 77 heavy (non-hydrogen) atoms. The van der Waals surface area contributed by atoms with Gasteiger partial charge in [0.25, 0.3) is 5.91 Å². The molecule has 0 unspecified atom stereocenters. The molecule has 0 spiro atoms. The van der Waals surface area contributed by atoms with Crippen LogP contribution in [0.15, 0.2) is 78.4 Å². The van der Waals surface area contributed by atoms with Crippen LogP contribution in [0.4, 0.5) is 0 Å². The maximum atomic E-state index is 15.0. The molecule has 5 aromatic heterocycles. The Bertz CT molecular complexity index is 3080. The van der Waals surface area contributed by atoms with Crippen molar-refractivity contribution in [3.05, 3.63) is 88.8 Å². The number of ether oxygens (including phenoxy) is 2. The van der Waals surface area contributed by atoms with E-state index in [0.717, 1.165) is 107 Å². The standard InChI is InChI=1S/C59H75N3O9S4Si2/c1-10-17-18-19-22-42-36-54(74-53(42)37-44(38-60)59(63)61(39-76(66-11-2,67-12-3)68-13-4)40-77(69-14-5,70-15-6)71-16-7)51-28-27-49(72-51)50-29-30-52(73-50)58-56-55(64-33-34-65-56)57(75-58)43-25-26-48-46(35-43)45-23-20-21-24-47(45)62(48)32-31-41(8)9/h20-21,23-30,35-37,41H,10-19,22,31-34,39-40H2,1-9H3/b44-37+. The number of benzene rings is 2. The number of nitrogens with zero attached hydrogens (tertiary/aromatic N) is 3. The third-order valence-corrected chi connectivity index (χ3v) is 24.3. The van der Waals surface area contributed by atoms with Gasteiger partial charge in [-0.3, -0.25) is 4.79 Å². The van der Waals surface area contributed by atoms with Crippen molar-refractivity contribution < 1.29 is 40.8 Å². The summed E-state index contributed by atoms with van der Waals surface area (Å²) in [6.07, 6.45) is 8.04. The molecule has 0 N–H and O–H groups in total. The van der Waals surface area contributed by atoms with Gasteiger partial charge in [-0.2, -0.15) is 5.26 Å². The van der Waals surface area contributed by atoms with Gasteiger partial charge in [0, 0.05) is 97.3 Å². The van der Waals surface area contributed by atoms with Crippen LogP contribution in [-0.4, -0.2) is 98.2 Å². The van der Waals surface area contributed by atoms with Crippen molar-refractivity contribution in [2.45, 2.75) is 107 Å². The highest BCUT2D eigenvalue weighted by Gasteiger charge is 2.50. The van der Waals surface area contributed by atoms with Crippen LogP contribution in [0.5, 0.6) is 11.5 Å². The summed E-state index contributed by atoms with van der Waals surface area (Å²) < 4.78 is 53.0. The predicted molar refractivity (Wildman–Crippen MR) is 322 cm³/mol. The second-order valence-electron chi connectivity index (χ2n) is 19.1. The zero-order valence-electron chi connectivity index (χ0n) is 46.3. The van der Waals surface area contributed by atoms with E-state index in [-0.39, 0.29) is 17.9 Å². The number of fused-ring (bicyclic) bond motifs is 4. The zero-order valence-corrected chi connectivity index (χ0v) is 51.5. The molecule has 0 aliphatic carbocycles. The van der Waals surface area contributed by atoms with Gasteiger partial charge in [0.2, 0.25) is 0 Å². The lowest BCUT2D eigenvalue weighted by Gasteiger charge is -2.37. The molecule has 0 fully saturated rings. The Labute approximate surface area is 473 Å². The number of hydrogen-bond donors (Lipinski definition) is 0. The summed E-state index contributed by atoms with van der Waals surface area (Å²) in [7, 11) is -6.97. The van der Waals surface area contributed by atoms with Crippen molar-refractivity contribution in [2.24, 2.45) is 5.92 Å². The number of nitriles is 1. The Kier molecular flexibility index (Phi) is 21.0. The summed E-state index contributed by atoms with van der Waals surface area (Å²) in [5.74, 6) is 1.76. The van der Waals surface area contributed by atoms with Gasteiger partial charge >= 0.3 is 17.6 Å². The van der Waals surface area contributed by atoms with Crippen LogP contribution in [-0.2, 0) is 44.3 Å². The van der Waals surface area contributed by atoms with Crippen LogP contribution in [0.1, 0.15) is 105 Å². The van der Waals surface area contributed by atoms with Gasteiger partial charge in [0.15, 0.2) is 11.5 Å². The van der Waals surface area contributed by atoms with Crippen LogP contribution in [0.25, 0.3) is 67.6 Å². The van der Waals surface area contributed by atoms with E-state index in [9.17, 15) is 5.26 Å². The van der Waals surface area contributed by atoms with E-state index in [1.165, 1.54) is 21.8 Å². The van der Waals surface area contributed by atoms with Crippen molar-refractivity contribution in [1.82, 2.24) is 9.47 Å². The number of carbonyl (C=O) groups is 1. The van der Waals surface area contributed by atoms with Crippen molar-refractivity contribution in [2.75, 3.05) is 65.2 Å². The summed E-state index contributed by atoms with van der Waals surface area (Å²) in [4.78, 5) is 25.3. The third-order valence-electron chi connectivity index (χ3n) is 13.3. The fourth-order valence-corrected chi connectivity index (χ4v) is 19.9. The molecule has 1 amide bonds. The van der Waals surface area contributed by atoms with E-state index in [1.807, 2.05) is 41.5 Å². The fourth-order valence-electron chi connectivity index (χ4n) is 9.90. The van der Waals surface area contributed by atoms with Gasteiger partial charge in [-0.15, -0.1) is 45.3 Å². The van der Waals surface area contributed by atoms with Gasteiger partial charge in [-0.1, -0.05) is 64.3 Å². The van der Waals surface area contributed by atoms with Crippen molar-refractivity contribution >= 4 is 96.7 Å².